The molecule has 0 spiro atoms. The Bertz CT molecular complexity index is 1130. The molecule has 3 heterocycles. The van der Waals surface area contributed by atoms with Gasteiger partial charge in [-0.05, 0) is 37.1 Å². The van der Waals surface area contributed by atoms with Crippen LogP contribution in [0.1, 0.15) is 38.1 Å². The third kappa shape index (κ3) is 3.33. The average molecular weight is 413 g/mol. The van der Waals surface area contributed by atoms with Gasteiger partial charge in [-0.25, -0.2) is 14.1 Å². The molecule has 5 rings (SSSR count). The monoisotopic (exact) mass is 413 g/mol. The van der Waals surface area contributed by atoms with E-state index in [1.165, 1.54) is 34.8 Å². The fraction of sp³-hybridized carbons (Fsp3) is 0.400. The van der Waals surface area contributed by atoms with E-state index in [0.717, 1.165) is 25.7 Å². The van der Waals surface area contributed by atoms with E-state index in [-0.39, 0.29) is 35.8 Å². The van der Waals surface area contributed by atoms with E-state index < -0.39 is 0 Å². The van der Waals surface area contributed by atoms with Gasteiger partial charge in [0.05, 0.1) is 17.9 Å². The first kappa shape index (κ1) is 18.4. The number of nitrogens with one attached hydrogen (secondary N) is 1. The lowest BCUT2D eigenvalue weighted by Crippen LogP contribution is -2.35. The smallest absolute Gasteiger partial charge is 0.265 e. The molecule has 1 aromatic carbocycles. The van der Waals surface area contributed by atoms with Crippen LogP contribution in [0.5, 0.6) is 0 Å². The summed E-state index contributed by atoms with van der Waals surface area (Å²) in [5, 5.41) is 8.35. The second kappa shape index (κ2) is 7.29. The average Bonchev–Trinajstić information content (AvgIpc) is 3.43. The van der Waals surface area contributed by atoms with Crippen molar-refractivity contribution in [2.24, 2.45) is 0 Å². The molecular formula is C20H20FN5O2S. The highest BCUT2D eigenvalue weighted by molar-refractivity contribution is 7.99. The topological polar surface area (TPSA) is 81.8 Å². The summed E-state index contributed by atoms with van der Waals surface area (Å²) in [6.45, 7) is 0. The number of halogens is 1. The minimum Gasteiger partial charge on any atom is -0.353 e. The number of fused-ring (bicyclic) bond motifs is 2. The third-order valence-electron chi connectivity index (χ3n) is 5.58. The number of thioether (sulfide) groups is 1. The summed E-state index contributed by atoms with van der Waals surface area (Å²) in [6.07, 6.45) is 6.15. The number of nitrogens with zero attached hydrogens (tertiary/aromatic N) is 4. The molecule has 1 N–H and O–H groups in total. The zero-order valence-corrected chi connectivity index (χ0v) is 16.5. The number of rotatable bonds is 4. The molecule has 1 aliphatic heterocycles. The van der Waals surface area contributed by atoms with E-state index in [1.54, 1.807) is 16.7 Å². The van der Waals surface area contributed by atoms with Crippen LogP contribution in [0.4, 0.5) is 4.39 Å². The zero-order chi connectivity index (χ0) is 20.0. The van der Waals surface area contributed by atoms with E-state index in [2.05, 4.69) is 15.4 Å². The fourth-order valence-corrected chi connectivity index (χ4v) is 5.25. The molecule has 150 valence electrons. The van der Waals surface area contributed by atoms with Crippen LogP contribution in [0.25, 0.3) is 16.7 Å². The first-order valence-electron chi connectivity index (χ1n) is 9.78. The Hall–Kier alpha value is -2.68. The molecule has 2 aromatic heterocycles. The van der Waals surface area contributed by atoms with Crippen molar-refractivity contribution >= 4 is 28.7 Å². The standard InChI is InChI=1S/C20H20FN5O2S/c21-12-5-7-14(8-6-12)26-18-16(10-22-26)19(28)25-15(11-29-20(25)24-18)9-17(27)23-13-3-1-2-4-13/h5-8,10,13,15H,1-4,9,11H2,(H,23,27)/t15-/m1/s1. The Morgan fingerprint density at radius 1 is 1.24 bits per heavy atom. The highest BCUT2D eigenvalue weighted by atomic mass is 32.2. The van der Waals surface area contributed by atoms with Crippen LogP contribution in [0, 0.1) is 5.82 Å². The van der Waals surface area contributed by atoms with E-state index in [1.807, 2.05) is 0 Å². The number of aromatic nitrogens is 4. The molecular weight excluding hydrogens is 393 g/mol. The number of benzene rings is 1. The number of carbonyl (C=O) groups excluding carboxylic acids is 1. The second-order valence-electron chi connectivity index (χ2n) is 7.56. The summed E-state index contributed by atoms with van der Waals surface area (Å²) in [5.74, 6) is 0.287. The Morgan fingerprint density at radius 2 is 2.00 bits per heavy atom. The van der Waals surface area contributed by atoms with Gasteiger partial charge in [0.2, 0.25) is 5.91 Å². The van der Waals surface area contributed by atoms with Crippen LogP contribution in [-0.4, -0.2) is 37.0 Å². The molecule has 29 heavy (non-hydrogen) atoms. The van der Waals surface area contributed by atoms with E-state index in [9.17, 15) is 14.0 Å². The van der Waals surface area contributed by atoms with Gasteiger partial charge in [-0.2, -0.15) is 5.10 Å². The fourth-order valence-electron chi connectivity index (χ4n) is 4.12. The predicted octanol–water partition coefficient (Wildman–Crippen LogP) is 2.82. The molecule has 1 atom stereocenters. The molecule has 2 aliphatic rings. The number of hydrogen-bond acceptors (Lipinski definition) is 5. The lowest BCUT2D eigenvalue weighted by Gasteiger charge is -2.16. The maximum atomic E-state index is 13.2. The Balaban J connectivity index is 1.45. The Kier molecular flexibility index (Phi) is 4.61. The molecule has 1 fully saturated rings. The second-order valence-corrected chi connectivity index (χ2v) is 8.54. The lowest BCUT2D eigenvalue weighted by atomic mass is 10.2. The van der Waals surface area contributed by atoms with Crippen molar-refractivity contribution in [3.05, 3.63) is 46.6 Å². The van der Waals surface area contributed by atoms with Gasteiger partial charge in [-0.3, -0.25) is 14.2 Å². The van der Waals surface area contributed by atoms with Gasteiger partial charge in [-0.15, -0.1) is 0 Å². The van der Waals surface area contributed by atoms with Gasteiger partial charge in [0.25, 0.3) is 5.56 Å². The van der Waals surface area contributed by atoms with Gasteiger partial charge in [0.15, 0.2) is 10.8 Å². The SMILES string of the molecule is O=C(C[C@@H]1CSc2nc3c(cnn3-c3ccc(F)cc3)c(=O)n21)NC1CCCC1. The zero-order valence-electron chi connectivity index (χ0n) is 15.7. The molecule has 9 heteroatoms. The van der Waals surface area contributed by atoms with Crippen LogP contribution >= 0.6 is 11.8 Å². The summed E-state index contributed by atoms with van der Waals surface area (Å²) < 4.78 is 16.4. The third-order valence-corrected chi connectivity index (χ3v) is 6.68. The first-order chi connectivity index (χ1) is 14.1. The summed E-state index contributed by atoms with van der Waals surface area (Å²) in [4.78, 5) is 30.2. The van der Waals surface area contributed by atoms with Crippen molar-refractivity contribution in [2.45, 2.75) is 49.3 Å². The number of hydrogen-bond donors (Lipinski definition) is 1. The van der Waals surface area contributed by atoms with E-state index in [0.29, 0.717) is 27.6 Å². The molecule has 0 unspecified atom stereocenters. The maximum absolute atomic E-state index is 13.2. The highest BCUT2D eigenvalue weighted by Gasteiger charge is 2.30. The molecule has 7 nitrogen and oxygen atoms in total. The van der Waals surface area contributed by atoms with Gasteiger partial charge in [0.1, 0.15) is 11.2 Å². The molecule has 1 aliphatic carbocycles. The summed E-state index contributed by atoms with van der Waals surface area (Å²) >= 11 is 1.47. The van der Waals surface area contributed by atoms with Crippen LogP contribution in [0.15, 0.2) is 40.4 Å². The van der Waals surface area contributed by atoms with Gasteiger partial charge in [-0.1, -0.05) is 24.6 Å². The van der Waals surface area contributed by atoms with E-state index in [4.69, 9.17) is 0 Å². The maximum Gasteiger partial charge on any atom is 0.265 e. The molecule has 0 saturated heterocycles. The van der Waals surface area contributed by atoms with Gasteiger partial charge in [0, 0.05) is 18.2 Å². The Labute approximate surface area is 170 Å². The molecule has 3 aromatic rings. The van der Waals surface area contributed by atoms with E-state index >= 15 is 0 Å². The predicted molar refractivity (Wildman–Crippen MR) is 108 cm³/mol. The largest absolute Gasteiger partial charge is 0.353 e. The first-order valence-corrected chi connectivity index (χ1v) is 10.8. The molecule has 1 amide bonds. The molecule has 0 radical (unpaired) electrons. The molecule has 0 bridgehead atoms. The van der Waals surface area contributed by atoms with Gasteiger partial charge < -0.3 is 5.32 Å². The van der Waals surface area contributed by atoms with Crippen molar-refractivity contribution in [3.63, 3.8) is 0 Å². The van der Waals surface area contributed by atoms with Crippen molar-refractivity contribution < 1.29 is 9.18 Å². The highest BCUT2D eigenvalue weighted by Crippen LogP contribution is 2.33. The van der Waals surface area contributed by atoms with Crippen molar-refractivity contribution in [2.75, 3.05) is 5.75 Å². The normalized spacial score (nSPS) is 19.0. The summed E-state index contributed by atoms with van der Waals surface area (Å²) in [5.41, 5.74) is 0.882. The van der Waals surface area contributed by atoms with Crippen molar-refractivity contribution in [1.82, 2.24) is 24.6 Å². The van der Waals surface area contributed by atoms with Gasteiger partial charge >= 0.3 is 0 Å². The minimum atomic E-state index is -0.339. The van der Waals surface area contributed by atoms with Crippen LogP contribution in [0.3, 0.4) is 0 Å². The number of carbonyl (C=O) groups is 1. The van der Waals surface area contributed by atoms with Crippen LogP contribution in [-0.2, 0) is 4.79 Å². The number of amides is 1. The summed E-state index contributed by atoms with van der Waals surface area (Å²) in [7, 11) is 0. The van der Waals surface area contributed by atoms with Crippen molar-refractivity contribution in [3.8, 4) is 5.69 Å². The summed E-state index contributed by atoms with van der Waals surface area (Å²) in [6, 6.07) is 5.93. The quantitative estimate of drug-likeness (QED) is 0.665. The lowest BCUT2D eigenvalue weighted by molar-refractivity contribution is -0.122. The van der Waals surface area contributed by atoms with Crippen molar-refractivity contribution in [1.29, 1.82) is 0 Å². The van der Waals surface area contributed by atoms with Crippen LogP contribution < -0.4 is 10.9 Å². The molecule has 1 saturated carbocycles. The minimum absolute atomic E-state index is 0.00986. The van der Waals surface area contributed by atoms with Crippen LogP contribution in [0.2, 0.25) is 0 Å². The Morgan fingerprint density at radius 3 is 2.76 bits per heavy atom.